The predicted molar refractivity (Wildman–Crippen MR) is 57.9 cm³/mol. The van der Waals surface area contributed by atoms with Crippen molar-refractivity contribution in [1.29, 1.82) is 0 Å². The normalized spacial score (nSPS) is 17.5. The molecule has 0 amide bonds. The van der Waals surface area contributed by atoms with E-state index in [2.05, 4.69) is 18.8 Å². The fourth-order valence-electron chi connectivity index (χ4n) is 2.23. The number of carbonyl (C=O) groups is 1. The van der Waals surface area contributed by atoms with E-state index in [4.69, 9.17) is 4.74 Å². The molecule has 82 valence electrons. The highest BCUT2D eigenvalue weighted by Crippen LogP contribution is 2.36. The van der Waals surface area contributed by atoms with Crippen molar-refractivity contribution in [1.82, 2.24) is 4.98 Å². The number of esters is 1. The average Bonchev–Trinajstić information content (AvgIpc) is 2.57. The third-order valence-corrected chi connectivity index (χ3v) is 2.81. The molecule has 0 fully saturated rings. The maximum atomic E-state index is 11.5. The molecule has 15 heavy (non-hydrogen) atoms. The summed E-state index contributed by atoms with van der Waals surface area (Å²) >= 11 is 0. The van der Waals surface area contributed by atoms with Gasteiger partial charge < -0.3 is 9.72 Å². The molecule has 3 nitrogen and oxygen atoms in total. The second kappa shape index (κ2) is 3.40. The molecule has 1 aliphatic carbocycles. The summed E-state index contributed by atoms with van der Waals surface area (Å²) in [5.41, 5.74) is 3.39. The Morgan fingerprint density at radius 2 is 2.27 bits per heavy atom. The van der Waals surface area contributed by atoms with Crippen LogP contribution in [-0.2, 0) is 17.6 Å². The molecule has 2 rings (SSSR count). The number of ether oxygens (including phenoxy) is 1. The summed E-state index contributed by atoms with van der Waals surface area (Å²) in [5.74, 6) is -0.246. The van der Waals surface area contributed by atoms with Crippen LogP contribution < -0.4 is 0 Å². The van der Waals surface area contributed by atoms with Crippen molar-refractivity contribution in [2.24, 2.45) is 5.41 Å². The van der Waals surface area contributed by atoms with Crippen LogP contribution in [0.3, 0.4) is 0 Å². The molecule has 0 saturated heterocycles. The second-order valence-electron chi connectivity index (χ2n) is 4.93. The summed E-state index contributed by atoms with van der Waals surface area (Å²) in [4.78, 5) is 14.6. The van der Waals surface area contributed by atoms with Crippen LogP contribution in [0.4, 0.5) is 0 Å². The molecule has 0 radical (unpaired) electrons. The van der Waals surface area contributed by atoms with Crippen molar-refractivity contribution in [3.8, 4) is 0 Å². The van der Waals surface area contributed by atoms with Crippen molar-refractivity contribution in [3.05, 3.63) is 23.0 Å². The molecule has 0 atom stereocenters. The zero-order valence-electron chi connectivity index (χ0n) is 9.52. The molecule has 1 aromatic heterocycles. The summed E-state index contributed by atoms with van der Waals surface area (Å²) < 4.78 is 4.95. The molecule has 1 heterocycles. The Kier molecular flexibility index (Phi) is 2.33. The number of aromatic nitrogens is 1. The standard InChI is InChI=1S/C12H17NO2/c1-4-15-11(14)9-5-8-6-12(2,3)7-10(8)13-9/h5,13H,4,6-7H2,1-3H3. The number of fused-ring (bicyclic) bond motifs is 1. The molecule has 1 aromatic rings. The molecule has 0 aromatic carbocycles. The van der Waals surface area contributed by atoms with Crippen LogP contribution in [0, 0.1) is 5.41 Å². The number of carbonyl (C=O) groups excluding carboxylic acids is 1. The Bertz CT molecular complexity index is 365. The van der Waals surface area contributed by atoms with Crippen molar-refractivity contribution in [2.45, 2.75) is 33.6 Å². The third-order valence-electron chi connectivity index (χ3n) is 2.81. The van der Waals surface area contributed by atoms with Crippen LogP contribution in [0.15, 0.2) is 6.07 Å². The molecule has 1 aliphatic rings. The Hall–Kier alpha value is -1.25. The van der Waals surface area contributed by atoms with Gasteiger partial charge in [-0.2, -0.15) is 0 Å². The van der Waals surface area contributed by atoms with Gasteiger partial charge in [-0.25, -0.2) is 4.79 Å². The van der Waals surface area contributed by atoms with Gasteiger partial charge in [0.15, 0.2) is 0 Å². The van der Waals surface area contributed by atoms with Crippen LogP contribution in [0.1, 0.15) is 42.5 Å². The lowest BCUT2D eigenvalue weighted by Crippen LogP contribution is -2.12. The average molecular weight is 207 g/mol. The van der Waals surface area contributed by atoms with E-state index in [9.17, 15) is 4.79 Å². The summed E-state index contributed by atoms with van der Waals surface area (Å²) in [5, 5.41) is 0. The number of rotatable bonds is 2. The van der Waals surface area contributed by atoms with E-state index in [-0.39, 0.29) is 5.97 Å². The molecular weight excluding hydrogens is 190 g/mol. The van der Waals surface area contributed by atoms with E-state index in [1.807, 2.05) is 13.0 Å². The van der Waals surface area contributed by atoms with Gasteiger partial charge in [0, 0.05) is 5.69 Å². The lowest BCUT2D eigenvalue weighted by atomic mass is 9.90. The SMILES string of the molecule is CCOC(=O)c1cc2c([nH]1)CC(C)(C)C2. The van der Waals surface area contributed by atoms with E-state index in [1.165, 1.54) is 11.3 Å². The Morgan fingerprint density at radius 3 is 2.87 bits per heavy atom. The molecule has 0 spiro atoms. The summed E-state index contributed by atoms with van der Waals surface area (Å²) in [7, 11) is 0. The van der Waals surface area contributed by atoms with Gasteiger partial charge in [-0.1, -0.05) is 13.8 Å². The first-order valence-corrected chi connectivity index (χ1v) is 5.40. The van der Waals surface area contributed by atoms with Crippen molar-refractivity contribution in [2.75, 3.05) is 6.61 Å². The maximum absolute atomic E-state index is 11.5. The first-order chi connectivity index (χ1) is 7.02. The Balaban J connectivity index is 2.18. The Labute approximate surface area is 89.8 Å². The lowest BCUT2D eigenvalue weighted by Gasteiger charge is -2.15. The van der Waals surface area contributed by atoms with Crippen molar-refractivity contribution >= 4 is 5.97 Å². The van der Waals surface area contributed by atoms with Gasteiger partial charge in [-0.15, -0.1) is 0 Å². The second-order valence-corrected chi connectivity index (χ2v) is 4.93. The fourth-order valence-corrected chi connectivity index (χ4v) is 2.23. The quantitative estimate of drug-likeness (QED) is 0.756. The van der Waals surface area contributed by atoms with E-state index >= 15 is 0 Å². The van der Waals surface area contributed by atoms with Crippen LogP contribution >= 0.6 is 0 Å². The van der Waals surface area contributed by atoms with Gasteiger partial charge in [-0.05, 0) is 36.8 Å². The molecule has 0 unspecified atom stereocenters. The van der Waals surface area contributed by atoms with Gasteiger partial charge in [0.25, 0.3) is 0 Å². The smallest absolute Gasteiger partial charge is 0.354 e. The van der Waals surface area contributed by atoms with E-state index in [1.54, 1.807) is 0 Å². The number of H-pyrrole nitrogens is 1. The van der Waals surface area contributed by atoms with Gasteiger partial charge in [0.2, 0.25) is 0 Å². The summed E-state index contributed by atoms with van der Waals surface area (Å²) in [6.07, 6.45) is 2.06. The van der Waals surface area contributed by atoms with Crippen LogP contribution in [-0.4, -0.2) is 17.6 Å². The highest BCUT2D eigenvalue weighted by atomic mass is 16.5. The largest absolute Gasteiger partial charge is 0.461 e. The molecule has 0 saturated carbocycles. The molecule has 1 N–H and O–H groups in total. The zero-order valence-corrected chi connectivity index (χ0v) is 9.52. The topological polar surface area (TPSA) is 42.1 Å². The molecule has 0 bridgehead atoms. The zero-order chi connectivity index (χ0) is 11.1. The minimum absolute atomic E-state index is 0.246. The van der Waals surface area contributed by atoms with Crippen LogP contribution in [0.2, 0.25) is 0 Å². The Morgan fingerprint density at radius 1 is 1.53 bits per heavy atom. The highest BCUT2D eigenvalue weighted by molar-refractivity contribution is 5.88. The van der Waals surface area contributed by atoms with Gasteiger partial charge >= 0.3 is 5.97 Å². The first-order valence-electron chi connectivity index (χ1n) is 5.40. The van der Waals surface area contributed by atoms with E-state index in [0.29, 0.717) is 17.7 Å². The number of hydrogen-bond acceptors (Lipinski definition) is 2. The minimum Gasteiger partial charge on any atom is -0.461 e. The van der Waals surface area contributed by atoms with Gasteiger partial charge in [0.05, 0.1) is 6.61 Å². The summed E-state index contributed by atoms with van der Waals surface area (Å²) in [6.45, 7) is 6.72. The first kappa shape index (κ1) is 10.3. The molecule has 0 aliphatic heterocycles. The van der Waals surface area contributed by atoms with Crippen molar-refractivity contribution in [3.63, 3.8) is 0 Å². The number of aromatic amines is 1. The third kappa shape index (κ3) is 1.91. The van der Waals surface area contributed by atoms with Gasteiger partial charge in [0.1, 0.15) is 5.69 Å². The van der Waals surface area contributed by atoms with E-state index in [0.717, 1.165) is 12.8 Å². The number of nitrogens with one attached hydrogen (secondary N) is 1. The minimum atomic E-state index is -0.246. The van der Waals surface area contributed by atoms with Crippen LogP contribution in [0.25, 0.3) is 0 Å². The lowest BCUT2D eigenvalue weighted by molar-refractivity contribution is 0.0519. The van der Waals surface area contributed by atoms with Crippen molar-refractivity contribution < 1.29 is 9.53 Å². The molecule has 3 heteroatoms. The van der Waals surface area contributed by atoms with E-state index < -0.39 is 0 Å². The predicted octanol–water partition coefficient (Wildman–Crippen LogP) is 2.32. The van der Waals surface area contributed by atoms with Gasteiger partial charge in [-0.3, -0.25) is 0 Å². The van der Waals surface area contributed by atoms with Crippen LogP contribution in [0.5, 0.6) is 0 Å². The summed E-state index contributed by atoms with van der Waals surface area (Å²) in [6, 6.07) is 1.93. The fraction of sp³-hybridized carbons (Fsp3) is 0.583. The maximum Gasteiger partial charge on any atom is 0.354 e. The number of hydrogen-bond donors (Lipinski definition) is 1. The monoisotopic (exact) mass is 207 g/mol. The highest BCUT2D eigenvalue weighted by Gasteiger charge is 2.31. The molecular formula is C12H17NO2.